The number of pyridine rings is 1. The van der Waals surface area contributed by atoms with Crippen LogP contribution in [0.5, 0.6) is 0 Å². The number of halogens is 3. The van der Waals surface area contributed by atoms with E-state index in [1.54, 1.807) is 37.5 Å². The van der Waals surface area contributed by atoms with E-state index in [4.69, 9.17) is 0 Å². The van der Waals surface area contributed by atoms with Crippen LogP contribution < -0.4 is 5.32 Å². The van der Waals surface area contributed by atoms with Crippen LogP contribution in [0.2, 0.25) is 0 Å². The highest BCUT2D eigenvalue weighted by atomic mass is 32.2. The largest absolute Gasteiger partial charge is 0.416 e. The van der Waals surface area contributed by atoms with E-state index in [1.807, 2.05) is 0 Å². The molecule has 2 aliphatic heterocycles. The van der Waals surface area contributed by atoms with Gasteiger partial charge in [0, 0.05) is 36.5 Å². The van der Waals surface area contributed by atoms with Gasteiger partial charge in [-0.05, 0) is 79.3 Å². The minimum Gasteiger partial charge on any atom is -0.308 e. The molecular formula is C30H29F3N4O5S2. The molecule has 0 unspecified atom stereocenters. The van der Waals surface area contributed by atoms with Crippen LogP contribution in [-0.2, 0) is 37.3 Å². The number of rotatable bonds is 8. The summed E-state index contributed by atoms with van der Waals surface area (Å²) in [7, 11) is -7.48. The number of hydrogen-bond donors (Lipinski definition) is 1. The number of amides is 1. The Balaban J connectivity index is 1.24. The normalized spacial score (nSPS) is 17.6. The number of piperidine rings is 1. The number of alkyl halides is 3. The molecule has 1 saturated heterocycles. The molecule has 0 saturated carbocycles. The van der Waals surface area contributed by atoms with Gasteiger partial charge in [0.25, 0.3) is 5.91 Å². The van der Waals surface area contributed by atoms with Crippen molar-refractivity contribution in [3.05, 3.63) is 100 Å². The number of carbonyl (C=O) groups is 1. The SMILES string of the molecule is Cc1cc(S(=O)(=O)CCc2cccnc2)ccc1/C=C/S(=O)(=O)N1CCC2(CC1)N=C(c1cccc(C(F)(F)F)c1)NC2=O. The van der Waals surface area contributed by atoms with Crippen molar-refractivity contribution in [3.63, 3.8) is 0 Å². The van der Waals surface area contributed by atoms with Gasteiger partial charge in [-0.25, -0.2) is 16.8 Å². The number of nitrogens with one attached hydrogen (secondary N) is 1. The van der Waals surface area contributed by atoms with Crippen LogP contribution in [0.15, 0.2) is 82.3 Å². The van der Waals surface area contributed by atoms with E-state index >= 15 is 0 Å². The lowest BCUT2D eigenvalue weighted by atomic mass is 9.89. The summed E-state index contributed by atoms with van der Waals surface area (Å²) in [5.74, 6) is -0.555. The number of aryl methyl sites for hydroxylation is 2. The zero-order valence-corrected chi connectivity index (χ0v) is 25.2. The van der Waals surface area contributed by atoms with Crippen molar-refractivity contribution in [2.24, 2.45) is 4.99 Å². The number of amidine groups is 1. The predicted octanol–water partition coefficient (Wildman–Crippen LogP) is 4.14. The molecule has 0 bridgehead atoms. The maximum atomic E-state index is 13.2. The number of benzene rings is 2. The number of aromatic nitrogens is 1. The Labute approximate surface area is 253 Å². The van der Waals surface area contributed by atoms with Gasteiger partial charge in [0.1, 0.15) is 11.4 Å². The van der Waals surface area contributed by atoms with Crippen LogP contribution in [0.25, 0.3) is 6.08 Å². The summed E-state index contributed by atoms with van der Waals surface area (Å²) in [5.41, 5.74) is -0.112. The summed E-state index contributed by atoms with van der Waals surface area (Å²) in [6.07, 6.45) is 0.492. The van der Waals surface area contributed by atoms with Crippen molar-refractivity contribution in [1.29, 1.82) is 0 Å². The summed E-state index contributed by atoms with van der Waals surface area (Å²) < 4.78 is 92.6. The minimum atomic E-state index is -4.55. The standard InChI is InChI=1S/C30H29F3N4O5S2/c1-21-18-26(43(39,40)16-9-22-4-3-13-34-20-22)8-7-23(21)10-17-44(41,42)37-14-11-29(12-15-37)28(38)35-27(36-29)24-5-2-6-25(19-24)30(31,32)33/h2-8,10,13,17-20H,9,11-12,14-16H2,1H3,(H,35,36,38)/b17-10+. The Bertz CT molecular complexity index is 1850. The lowest BCUT2D eigenvalue weighted by Gasteiger charge is -2.34. The van der Waals surface area contributed by atoms with Gasteiger partial charge in [-0.2, -0.15) is 17.5 Å². The smallest absolute Gasteiger partial charge is 0.308 e. The first-order chi connectivity index (χ1) is 20.7. The summed E-state index contributed by atoms with van der Waals surface area (Å²) in [5, 5.41) is 3.60. The molecule has 3 aromatic rings. The number of carbonyl (C=O) groups excluding carboxylic acids is 1. The van der Waals surface area contributed by atoms with E-state index in [2.05, 4.69) is 15.3 Å². The molecule has 14 heteroatoms. The molecule has 1 amide bonds. The lowest BCUT2D eigenvalue weighted by molar-refractivity contribution is -0.137. The van der Waals surface area contributed by atoms with Gasteiger partial charge >= 0.3 is 6.18 Å². The third kappa shape index (κ3) is 6.76. The second-order valence-corrected chi connectivity index (χ2v) is 14.6. The van der Waals surface area contributed by atoms with Gasteiger partial charge in [-0.15, -0.1) is 0 Å². The van der Waals surface area contributed by atoms with Gasteiger partial charge in [0.15, 0.2) is 9.84 Å². The fraction of sp³-hybridized carbons (Fsp3) is 0.300. The fourth-order valence-electron chi connectivity index (χ4n) is 5.14. The van der Waals surface area contributed by atoms with E-state index in [9.17, 15) is 34.8 Å². The average molecular weight is 647 g/mol. The number of sulfonamides is 1. The molecule has 5 rings (SSSR count). The van der Waals surface area contributed by atoms with Crippen molar-refractivity contribution < 1.29 is 34.8 Å². The molecule has 1 fully saturated rings. The third-order valence-electron chi connectivity index (χ3n) is 7.76. The van der Waals surface area contributed by atoms with E-state index < -0.39 is 43.0 Å². The zero-order chi connectivity index (χ0) is 31.8. The second-order valence-electron chi connectivity index (χ2n) is 10.7. The quantitative estimate of drug-likeness (QED) is 0.392. The lowest BCUT2D eigenvalue weighted by Crippen LogP contribution is -2.50. The summed E-state index contributed by atoms with van der Waals surface area (Å²) in [4.78, 5) is 21.4. The first kappa shape index (κ1) is 31.5. The fourth-order valence-corrected chi connectivity index (χ4v) is 7.69. The van der Waals surface area contributed by atoms with Crippen LogP contribution in [0.3, 0.4) is 0 Å². The minimum absolute atomic E-state index is 0.0213. The van der Waals surface area contributed by atoms with E-state index in [-0.39, 0.29) is 48.0 Å². The molecule has 0 aliphatic carbocycles. The molecule has 1 N–H and O–H groups in total. The first-order valence-electron chi connectivity index (χ1n) is 13.7. The Morgan fingerprint density at radius 3 is 2.43 bits per heavy atom. The number of nitrogens with zero attached hydrogens (tertiary/aromatic N) is 3. The molecule has 44 heavy (non-hydrogen) atoms. The highest BCUT2D eigenvalue weighted by molar-refractivity contribution is 7.92. The Morgan fingerprint density at radius 2 is 1.77 bits per heavy atom. The van der Waals surface area contributed by atoms with Gasteiger partial charge < -0.3 is 5.32 Å². The highest BCUT2D eigenvalue weighted by Gasteiger charge is 2.47. The van der Waals surface area contributed by atoms with Crippen LogP contribution in [-0.4, -0.2) is 62.2 Å². The van der Waals surface area contributed by atoms with Crippen LogP contribution in [0, 0.1) is 6.92 Å². The Kier molecular flexibility index (Phi) is 8.53. The van der Waals surface area contributed by atoms with Crippen molar-refractivity contribution in [1.82, 2.24) is 14.6 Å². The van der Waals surface area contributed by atoms with Crippen molar-refractivity contribution in [3.8, 4) is 0 Å². The van der Waals surface area contributed by atoms with E-state index in [0.29, 0.717) is 17.5 Å². The molecule has 1 spiro atoms. The monoisotopic (exact) mass is 646 g/mol. The van der Waals surface area contributed by atoms with E-state index in [1.165, 1.54) is 34.6 Å². The molecule has 3 heterocycles. The van der Waals surface area contributed by atoms with Gasteiger partial charge in [0.2, 0.25) is 10.0 Å². The Hall–Kier alpha value is -3.88. The molecule has 232 valence electrons. The number of aliphatic imine (C=N–C) groups is 1. The summed E-state index contributed by atoms with van der Waals surface area (Å²) >= 11 is 0. The Morgan fingerprint density at radius 1 is 1.02 bits per heavy atom. The van der Waals surface area contributed by atoms with Crippen LogP contribution in [0.1, 0.15) is 40.7 Å². The molecule has 2 aromatic carbocycles. The highest BCUT2D eigenvalue weighted by Crippen LogP contribution is 2.34. The van der Waals surface area contributed by atoms with Crippen molar-refractivity contribution >= 4 is 37.7 Å². The molecule has 0 radical (unpaired) electrons. The average Bonchev–Trinajstić information content (AvgIpc) is 3.30. The van der Waals surface area contributed by atoms with Gasteiger partial charge in [-0.3, -0.25) is 14.8 Å². The van der Waals surface area contributed by atoms with Crippen LogP contribution >= 0.6 is 0 Å². The molecule has 2 aliphatic rings. The number of hydrogen-bond acceptors (Lipinski definition) is 7. The van der Waals surface area contributed by atoms with Gasteiger partial charge in [-0.1, -0.05) is 24.3 Å². The maximum absolute atomic E-state index is 13.2. The number of sulfone groups is 1. The summed E-state index contributed by atoms with van der Waals surface area (Å²) in [6, 6.07) is 12.5. The van der Waals surface area contributed by atoms with Crippen molar-refractivity contribution in [2.75, 3.05) is 18.8 Å². The predicted molar refractivity (Wildman–Crippen MR) is 159 cm³/mol. The van der Waals surface area contributed by atoms with Crippen LogP contribution in [0.4, 0.5) is 13.2 Å². The molecule has 0 atom stereocenters. The zero-order valence-electron chi connectivity index (χ0n) is 23.6. The maximum Gasteiger partial charge on any atom is 0.416 e. The van der Waals surface area contributed by atoms with Crippen molar-refractivity contribution in [2.45, 2.75) is 42.8 Å². The second kappa shape index (κ2) is 11.9. The topological polar surface area (TPSA) is 126 Å². The van der Waals surface area contributed by atoms with E-state index in [0.717, 1.165) is 23.1 Å². The first-order valence-corrected chi connectivity index (χ1v) is 16.8. The third-order valence-corrected chi connectivity index (χ3v) is 11.0. The van der Waals surface area contributed by atoms with Gasteiger partial charge in [0.05, 0.1) is 16.2 Å². The summed E-state index contributed by atoms with van der Waals surface area (Å²) in [6.45, 7) is 1.65. The molecule has 9 nitrogen and oxygen atoms in total. The molecular weight excluding hydrogens is 617 g/mol. The molecule has 1 aromatic heterocycles.